The molecular formula is C30H26ClN7O3S. The number of nitriles is 1. The molecule has 1 fully saturated rings. The quantitative estimate of drug-likeness (QED) is 0.261. The van der Waals surface area contributed by atoms with Gasteiger partial charge in [0.15, 0.2) is 0 Å². The van der Waals surface area contributed by atoms with E-state index >= 15 is 0 Å². The minimum absolute atomic E-state index is 0.165. The van der Waals surface area contributed by atoms with Gasteiger partial charge >= 0.3 is 0 Å². The molecule has 12 heteroatoms. The van der Waals surface area contributed by atoms with Crippen molar-refractivity contribution in [3.05, 3.63) is 107 Å². The van der Waals surface area contributed by atoms with Gasteiger partial charge in [-0.25, -0.2) is 13.4 Å². The fourth-order valence-electron chi connectivity index (χ4n) is 5.09. The molecule has 1 aliphatic heterocycles. The van der Waals surface area contributed by atoms with Crippen molar-refractivity contribution in [3.8, 4) is 17.6 Å². The van der Waals surface area contributed by atoms with Crippen LogP contribution in [0.4, 0.5) is 5.82 Å². The Hall–Kier alpha value is -4.50. The zero-order valence-electron chi connectivity index (χ0n) is 22.7. The molecule has 6 rings (SSSR count). The lowest BCUT2D eigenvalue weighted by atomic mass is 10.0. The molecule has 3 heterocycles. The fraction of sp³-hybridized carbons (Fsp3) is 0.200. The molecule has 5 aromatic rings. The van der Waals surface area contributed by atoms with Crippen molar-refractivity contribution in [1.82, 2.24) is 23.9 Å². The third kappa shape index (κ3) is 5.27. The van der Waals surface area contributed by atoms with Gasteiger partial charge in [0, 0.05) is 43.9 Å². The van der Waals surface area contributed by atoms with Crippen LogP contribution in [0.5, 0.6) is 11.5 Å². The third-order valence-electron chi connectivity index (χ3n) is 7.24. The van der Waals surface area contributed by atoms with Gasteiger partial charge in [-0.15, -0.1) is 0 Å². The second-order valence-electron chi connectivity index (χ2n) is 9.82. The molecule has 0 spiro atoms. The number of halogens is 1. The topological polar surface area (TPSA) is 117 Å². The number of anilines is 1. The van der Waals surface area contributed by atoms with E-state index in [4.69, 9.17) is 16.3 Å². The minimum Gasteiger partial charge on any atom is -0.456 e. The number of fused-ring (bicyclic) bond motifs is 1. The van der Waals surface area contributed by atoms with E-state index < -0.39 is 10.0 Å². The normalized spacial score (nSPS) is 14.2. The maximum atomic E-state index is 13.5. The Bertz CT molecular complexity index is 1900. The number of sulfonamides is 1. The summed E-state index contributed by atoms with van der Waals surface area (Å²) in [4.78, 5) is 11.3. The molecule has 0 radical (unpaired) electrons. The van der Waals surface area contributed by atoms with E-state index in [0.717, 1.165) is 22.6 Å². The van der Waals surface area contributed by atoms with Crippen molar-refractivity contribution >= 4 is 33.2 Å². The van der Waals surface area contributed by atoms with Gasteiger partial charge in [0.1, 0.15) is 35.3 Å². The largest absolute Gasteiger partial charge is 0.456 e. The first-order valence-corrected chi connectivity index (χ1v) is 15.1. The first-order valence-electron chi connectivity index (χ1n) is 13.3. The maximum Gasteiger partial charge on any atom is 0.254 e. The van der Waals surface area contributed by atoms with Gasteiger partial charge in [0.2, 0.25) is 10.0 Å². The first-order chi connectivity index (χ1) is 20.3. The number of nitrogens with zero attached hydrogens (tertiary/aromatic N) is 7. The standard InChI is InChI=1S/C30H26ClN7O3S/c1-21-25(18-22-6-3-2-4-7-22)29(38-30(35-21)33-20-34-38)36-14-16-37(17-15-36)42(39,40)24-12-10-23(11-13-24)41-28-9-5-8-27(31)26(28)19-32/h2-13,20H,14-18H2,1H3. The van der Waals surface area contributed by atoms with E-state index in [9.17, 15) is 13.7 Å². The average molecular weight is 600 g/mol. The molecule has 0 atom stereocenters. The molecule has 42 heavy (non-hydrogen) atoms. The van der Waals surface area contributed by atoms with Crippen LogP contribution in [0, 0.1) is 18.3 Å². The van der Waals surface area contributed by atoms with Gasteiger partial charge < -0.3 is 9.64 Å². The van der Waals surface area contributed by atoms with Crippen LogP contribution in [0.1, 0.15) is 22.4 Å². The highest BCUT2D eigenvalue weighted by atomic mass is 35.5. The van der Waals surface area contributed by atoms with Crippen molar-refractivity contribution in [1.29, 1.82) is 5.26 Å². The summed E-state index contributed by atoms with van der Waals surface area (Å²) in [5, 5.41) is 14.1. The Labute approximate surface area is 248 Å². The van der Waals surface area contributed by atoms with Crippen molar-refractivity contribution in [2.24, 2.45) is 0 Å². The number of benzene rings is 3. The van der Waals surface area contributed by atoms with E-state index in [2.05, 4.69) is 32.1 Å². The molecule has 2 aromatic heterocycles. The smallest absolute Gasteiger partial charge is 0.254 e. The van der Waals surface area contributed by atoms with E-state index in [1.165, 1.54) is 22.8 Å². The molecule has 0 unspecified atom stereocenters. The van der Waals surface area contributed by atoms with Gasteiger partial charge in [0.05, 0.1) is 9.92 Å². The molecular weight excluding hydrogens is 574 g/mol. The molecule has 10 nitrogen and oxygen atoms in total. The van der Waals surface area contributed by atoms with Crippen LogP contribution in [-0.4, -0.2) is 58.5 Å². The molecule has 0 saturated carbocycles. The van der Waals surface area contributed by atoms with E-state index in [1.54, 1.807) is 34.8 Å². The summed E-state index contributed by atoms with van der Waals surface area (Å²) in [6.07, 6.45) is 2.15. The Morgan fingerprint density at radius 3 is 2.43 bits per heavy atom. The number of aryl methyl sites for hydroxylation is 1. The van der Waals surface area contributed by atoms with Gasteiger partial charge in [-0.2, -0.15) is 24.2 Å². The van der Waals surface area contributed by atoms with Gasteiger partial charge in [0.25, 0.3) is 5.78 Å². The van der Waals surface area contributed by atoms with E-state index in [0.29, 0.717) is 49.9 Å². The molecule has 0 aliphatic carbocycles. The number of hydrogen-bond donors (Lipinski definition) is 0. The summed E-state index contributed by atoms with van der Waals surface area (Å²) < 4.78 is 36.1. The third-order valence-corrected chi connectivity index (χ3v) is 9.47. The Morgan fingerprint density at radius 2 is 1.71 bits per heavy atom. The number of ether oxygens (including phenoxy) is 1. The zero-order chi connectivity index (χ0) is 29.3. The molecule has 3 aromatic carbocycles. The lowest BCUT2D eigenvalue weighted by Crippen LogP contribution is -2.49. The Morgan fingerprint density at radius 1 is 0.976 bits per heavy atom. The Kier molecular flexibility index (Phi) is 7.51. The minimum atomic E-state index is -3.74. The summed E-state index contributed by atoms with van der Waals surface area (Å²) in [6, 6.07) is 23.3. The molecule has 1 aliphatic rings. The maximum absolute atomic E-state index is 13.5. The number of hydrogen-bond acceptors (Lipinski definition) is 8. The molecule has 0 amide bonds. The van der Waals surface area contributed by atoms with Crippen molar-refractivity contribution in [2.75, 3.05) is 31.1 Å². The molecule has 0 bridgehead atoms. The summed E-state index contributed by atoms with van der Waals surface area (Å²) in [5.74, 6) is 2.09. The zero-order valence-corrected chi connectivity index (χ0v) is 24.3. The second kappa shape index (κ2) is 11.4. The fourth-order valence-corrected chi connectivity index (χ4v) is 6.72. The predicted molar refractivity (Wildman–Crippen MR) is 158 cm³/mol. The summed E-state index contributed by atoms with van der Waals surface area (Å²) in [6.45, 7) is 3.53. The van der Waals surface area contributed by atoms with Crippen molar-refractivity contribution < 1.29 is 13.2 Å². The summed E-state index contributed by atoms with van der Waals surface area (Å²) in [5.41, 5.74) is 3.26. The first kappa shape index (κ1) is 27.7. The highest BCUT2D eigenvalue weighted by Crippen LogP contribution is 2.32. The highest BCUT2D eigenvalue weighted by molar-refractivity contribution is 7.89. The lowest BCUT2D eigenvalue weighted by molar-refractivity contribution is 0.382. The highest BCUT2D eigenvalue weighted by Gasteiger charge is 2.31. The van der Waals surface area contributed by atoms with Gasteiger partial charge in [-0.05, 0) is 48.9 Å². The van der Waals surface area contributed by atoms with Gasteiger partial charge in [-0.3, -0.25) is 0 Å². The second-order valence-corrected chi connectivity index (χ2v) is 12.2. The Balaban J connectivity index is 1.20. The molecule has 1 saturated heterocycles. The number of aromatic nitrogens is 4. The van der Waals surface area contributed by atoms with Gasteiger partial charge in [-0.1, -0.05) is 48.0 Å². The average Bonchev–Trinajstić information content (AvgIpc) is 3.46. The molecule has 0 N–H and O–H groups in total. The SMILES string of the molecule is Cc1nc2ncnn2c(N2CCN(S(=O)(=O)c3ccc(Oc4cccc(Cl)c4C#N)cc3)CC2)c1Cc1ccccc1. The number of piperazine rings is 1. The van der Waals surface area contributed by atoms with Crippen LogP contribution in [0.15, 0.2) is 84.0 Å². The van der Waals surface area contributed by atoms with Crippen LogP contribution >= 0.6 is 11.6 Å². The van der Waals surface area contributed by atoms with E-state index in [-0.39, 0.29) is 15.5 Å². The van der Waals surface area contributed by atoms with Crippen LogP contribution in [0.25, 0.3) is 5.78 Å². The van der Waals surface area contributed by atoms with E-state index in [1.807, 2.05) is 31.2 Å². The molecule has 212 valence electrons. The van der Waals surface area contributed by atoms with Crippen LogP contribution in [-0.2, 0) is 16.4 Å². The monoisotopic (exact) mass is 599 g/mol. The summed E-state index contributed by atoms with van der Waals surface area (Å²) >= 11 is 6.09. The van der Waals surface area contributed by atoms with Crippen molar-refractivity contribution in [3.63, 3.8) is 0 Å². The predicted octanol–water partition coefficient (Wildman–Crippen LogP) is 4.85. The van der Waals surface area contributed by atoms with Crippen LogP contribution < -0.4 is 9.64 Å². The van der Waals surface area contributed by atoms with Crippen LogP contribution in [0.2, 0.25) is 5.02 Å². The summed E-state index contributed by atoms with van der Waals surface area (Å²) in [7, 11) is -3.74. The number of rotatable bonds is 7. The van der Waals surface area contributed by atoms with Crippen LogP contribution in [0.3, 0.4) is 0 Å². The lowest BCUT2D eigenvalue weighted by Gasteiger charge is -2.36. The van der Waals surface area contributed by atoms with Crippen molar-refractivity contribution in [2.45, 2.75) is 18.2 Å².